The molecule has 0 unspecified atom stereocenters. The molecule has 6 heteroatoms. The molecule has 0 aromatic carbocycles. The van der Waals surface area contributed by atoms with Gasteiger partial charge in [0.15, 0.2) is 0 Å². The van der Waals surface area contributed by atoms with Gasteiger partial charge in [-0.15, -0.1) is 0 Å². The van der Waals surface area contributed by atoms with Crippen LogP contribution in [-0.2, 0) is 9.47 Å². The number of hydrogen-bond acceptors (Lipinski definition) is 4. The lowest BCUT2D eigenvalue weighted by Gasteiger charge is -2.29. The summed E-state index contributed by atoms with van der Waals surface area (Å²) in [5.41, 5.74) is -0.575. The number of nitrogens with zero attached hydrogens (tertiary/aromatic N) is 1. The second-order valence-electron chi connectivity index (χ2n) is 6.94. The summed E-state index contributed by atoms with van der Waals surface area (Å²) in [5.74, 6) is 0. The minimum absolute atomic E-state index is 0.0987. The van der Waals surface area contributed by atoms with Gasteiger partial charge in [-0.05, 0) is 58.6 Å². The average molecular weight is 322 g/mol. The van der Waals surface area contributed by atoms with Gasteiger partial charge in [0.2, 0.25) is 0 Å². The average Bonchev–Trinajstić information content (AvgIpc) is 2.47. The van der Waals surface area contributed by atoms with E-state index in [0.29, 0.717) is 0 Å². The van der Waals surface area contributed by atoms with Crippen LogP contribution in [0.1, 0.15) is 52.5 Å². The van der Waals surface area contributed by atoms with Crippen LogP contribution in [0, 0.1) is 0 Å². The van der Waals surface area contributed by atoms with Gasteiger partial charge >= 0.3 is 6.09 Å². The maximum Gasteiger partial charge on any atom is 0.412 e. The molecule has 2 atom stereocenters. The number of amides is 1. The summed E-state index contributed by atoms with van der Waals surface area (Å²) in [4.78, 5) is 24.5. The zero-order valence-electron chi connectivity index (χ0n) is 14.3. The van der Waals surface area contributed by atoms with Crippen LogP contribution in [0.3, 0.4) is 0 Å². The van der Waals surface area contributed by atoms with E-state index in [0.717, 1.165) is 25.7 Å². The smallest absolute Gasteiger partial charge is 0.412 e. The lowest BCUT2D eigenvalue weighted by atomic mass is 9.92. The lowest BCUT2D eigenvalue weighted by Crippen LogP contribution is -2.34. The highest BCUT2D eigenvalue weighted by atomic mass is 16.6. The summed E-state index contributed by atoms with van der Waals surface area (Å²) >= 11 is 0. The van der Waals surface area contributed by atoms with Crippen molar-refractivity contribution in [2.75, 3.05) is 12.4 Å². The van der Waals surface area contributed by atoms with E-state index in [2.05, 4.69) is 5.32 Å². The second kappa shape index (κ2) is 7.17. The van der Waals surface area contributed by atoms with Crippen molar-refractivity contribution in [3.8, 4) is 0 Å². The van der Waals surface area contributed by atoms with Crippen LogP contribution in [0.5, 0.6) is 0 Å². The van der Waals surface area contributed by atoms with Crippen molar-refractivity contribution >= 4 is 11.8 Å². The van der Waals surface area contributed by atoms with Crippen molar-refractivity contribution in [1.29, 1.82) is 0 Å². The van der Waals surface area contributed by atoms with Crippen molar-refractivity contribution in [3.05, 3.63) is 28.7 Å². The molecule has 1 N–H and O–H groups in total. The fourth-order valence-electron chi connectivity index (χ4n) is 2.89. The highest BCUT2D eigenvalue weighted by molar-refractivity contribution is 5.84. The van der Waals surface area contributed by atoms with Crippen LogP contribution in [0.25, 0.3) is 0 Å². The van der Waals surface area contributed by atoms with Crippen LogP contribution in [0.2, 0.25) is 0 Å². The Kier molecular flexibility index (Phi) is 5.46. The minimum atomic E-state index is -0.620. The van der Waals surface area contributed by atoms with E-state index in [-0.39, 0.29) is 23.4 Å². The summed E-state index contributed by atoms with van der Waals surface area (Å²) in [5, 5.41) is 2.55. The van der Waals surface area contributed by atoms with Gasteiger partial charge < -0.3 is 14.0 Å². The van der Waals surface area contributed by atoms with Crippen LogP contribution >= 0.6 is 0 Å². The fraction of sp³-hybridized carbons (Fsp3) is 0.647. The summed E-state index contributed by atoms with van der Waals surface area (Å²) in [6.07, 6.45) is 5.14. The van der Waals surface area contributed by atoms with Gasteiger partial charge in [-0.2, -0.15) is 0 Å². The normalized spacial score (nSPS) is 21.7. The van der Waals surface area contributed by atoms with Crippen LogP contribution in [0.4, 0.5) is 10.5 Å². The van der Waals surface area contributed by atoms with Gasteiger partial charge in [-0.25, -0.2) is 4.79 Å². The standard InChI is InChI=1S/C17H26N2O4/c1-17(2,3)23-16(21)18-14-9-6-10-19(15(14)20)12-7-5-8-13(11-12)22-4/h6,9-10,12-13H,5,7-8,11H2,1-4H3,(H,18,21)/t12-,13-/m0/s1. The van der Waals surface area contributed by atoms with Crippen molar-refractivity contribution in [2.45, 2.75) is 64.2 Å². The third kappa shape index (κ3) is 4.82. The molecule has 0 aliphatic heterocycles. The number of rotatable bonds is 3. The van der Waals surface area contributed by atoms with Crippen LogP contribution < -0.4 is 10.9 Å². The lowest BCUT2D eigenvalue weighted by molar-refractivity contribution is 0.0524. The Balaban J connectivity index is 2.15. The number of ether oxygens (including phenoxy) is 2. The van der Waals surface area contributed by atoms with Crippen molar-refractivity contribution in [2.24, 2.45) is 0 Å². The quantitative estimate of drug-likeness (QED) is 0.927. The first-order valence-electron chi connectivity index (χ1n) is 8.04. The maximum atomic E-state index is 12.6. The molecule has 1 fully saturated rings. The Hall–Kier alpha value is -1.82. The Morgan fingerprint density at radius 2 is 2.09 bits per heavy atom. The third-order valence-electron chi connectivity index (χ3n) is 3.94. The molecule has 0 saturated heterocycles. The second-order valence-corrected chi connectivity index (χ2v) is 6.94. The number of anilines is 1. The molecule has 1 aromatic rings. The first-order chi connectivity index (χ1) is 10.8. The Bertz CT molecular complexity index is 603. The number of pyridine rings is 1. The molecular formula is C17H26N2O4. The van der Waals surface area contributed by atoms with Gasteiger partial charge in [0.1, 0.15) is 11.3 Å². The Labute approximate surface area is 136 Å². The highest BCUT2D eigenvalue weighted by Crippen LogP contribution is 2.29. The number of carbonyl (C=O) groups excluding carboxylic acids is 1. The molecule has 1 aliphatic rings. The van der Waals surface area contributed by atoms with Crippen molar-refractivity contribution in [3.63, 3.8) is 0 Å². The Morgan fingerprint density at radius 1 is 1.35 bits per heavy atom. The summed E-state index contributed by atoms with van der Waals surface area (Å²) in [6.45, 7) is 5.34. The summed E-state index contributed by atoms with van der Waals surface area (Å²) in [6, 6.07) is 3.46. The molecule has 128 valence electrons. The molecule has 2 rings (SSSR count). The molecule has 1 aromatic heterocycles. The number of methoxy groups -OCH3 is 1. The first-order valence-corrected chi connectivity index (χ1v) is 8.04. The zero-order chi connectivity index (χ0) is 17.0. The summed E-state index contributed by atoms with van der Waals surface area (Å²) < 4.78 is 12.3. The minimum Gasteiger partial charge on any atom is -0.444 e. The first kappa shape index (κ1) is 17.5. The molecule has 6 nitrogen and oxygen atoms in total. The topological polar surface area (TPSA) is 69.6 Å². The van der Waals surface area contributed by atoms with Crippen molar-refractivity contribution in [1.82, 2.24) is 4.57 Å². The van der Waals surface area contributed by atoms with E-state index in [1.54, 1.807) is 50.8 Å². The molecule has 23 heavy (non-hydrogen) atoms. The van der Waals surface area contributed by atoms with E-state index in [1.807, 2.05) is 0 Å². The predicted octanol–water partition coefficient (Wildman–Crippen LogP) is 3.33. The maximum absolute atomic E-state index is 12.6. The van der Waals surface area contributed by atoms with E-state index in [1.165, 1.54) is 0 Å². The summed E-state index contributed by atoms with van der Waals surface area (Å²) in [7, 11) is 1.70. The number of hydrogen-bond donors (Lipinski definition) is 1. The van der Waals surface area contributed by atoms with Gasteiger partial charge in [-0.1, -0.05) is 0 Å². The van der Waals surface area contributed by atoms with Crippen molar-refractivity contribution < 1.29 is 14.3 Å². The monoisotopic (exact) mass is 322 g/mol. The number of nitrogens with one attached hydrogen (secondary N) is 1. The molecule has 1 amide bonds. The van der Waals surface area contributed by atoms with Gasteiger partial charge in [0.25, 0.3) is 5.56 Å². The van der Waals surface area contributed by atoms with Gasteiger partial charge in [0.05, 0.1) is 6.10 Å². The highest BCUT2D eigenvalue weighted by Gasteiger charge is 2.24. The molecular weight excluding hydrogens is 296 g/mol. The fourth-order valence-corrected chi connectivity index (χ4v) is 2.89. The van der Waals surface area contributed by atoms with Gasteiger partial charge in [-0.3, -0.25) is 10.1 Å². The van der Waals surface area contributed by atoms with E-state index >= 15 is 0 Å². The van der Waals surface area contributed by atoms with Crippen LogP contribution in [-0.4, -0.2) is 29.5 Å². The third-order valence-corrected chi connectivity index (χ3v) is 3.94. The molecule has 0 radical (unpaired) electrons. The number of aromatic nitrogens is 1. The molecule has 1 heterocycles. The largest absolute Gasteiger partial charge is 0.444 e. The SMILES string of the molecule is CO[C@H]1CCC[C@H](n2cccc(NC(=O)OC(C)(C)C)c2=O)C1. The molecule has 1 saturated carbocycles. The molecule has 0 spiro atoms. The van der Waals surface area contributed by atoms with E-state index in [9.17, 15) is 9.59 Å². The molecule has 1 aliphatic carbocycles. The number of carbonyl (C=O) groups is 1. The van der Waals surface area contributed by atoms with Gasteiger partial charge in [0, 0.05) is 19.3 Å². The molecule has 0 bridgehead atoms. The van der Waals surface area contributed by atoms with Crippen LogP contribution in [0.15, 0.2) is 23.1 Å². The Morgan fingerprint density at radius 3 is 2.74 bits per heavy atom. The predicted molar refractivity (Wildman–Crippen MR) is 88.9 cm³/mol. The van der Waals surface area contributed by atoms with E-state index < -0.39 is 11.7 Å². The van der Waals surface area contributed by atoms with E-state index in [4.69, 9.17) is 9.47 Å². The zero-order valence-corrected chi connectivity index (χ0v) is 14.3.